The van der Waals surface area contributed by atoms with E-state index in [1.807, 2.05) is 6.92 Å². The quantitative estimate of drug-likeness (QED) is 0.477. The number of carbonyl (C=O) groups excluding carboxylic acids is 2. The number of aromatic nitrogens is 2. The van der Waals surface area contributed by atoms with Crippen LogP contribution >= 0.6 is 11.3 Å². The Kier molecular flexibility index (Phi) is 7.28. The van der Waals surface area contributed by atoms with Crippen molar-refractivity contribution in [3.63, 3.8) is 0 Å². The predicted molar refractivity (Wildman–Crippen MR) is 135 cm³/mol. The summed E-state index contributed by atoms with van der Waals surface area (Å²) in [5.41, 5.74) is -1.86. The van der Waals surface area contributed by atoms with Crippen LogP contribution in [0.2, 0.25) is 0 Å². The summed E-state index contributed by atoms with van der Waals surface area (Å²) in [6.07, 6.45) is -0.763. The van der Waals surface area contributed by atoms with Gasteiger partial charge in [-0.25, -0.2) is 9.97 Å². The van der Waals surface area contributed by atoms with E-state index in [0.717, 1.165) is 24.2 Å². The average molecular weight is 540 g/mol. The van der Waals surface area contributed by atoms with Crippen molar-refractivity contribution in [1.29, 1.82) is 0 Å². The number of alkyl halides is 3. The Morgan fingerprint density at radius 2 is 1.97 bits per heavy atom. The van der Waals surface area contributed by atoms with Crippen molar-refractivity contribution in [3.05, 3.63) is 28.5 Å². The van der Waals surface area contributed by atoms with Gasteiger partial charge in [-0.1, -0.05) is 0 Å². The number of pyridine rings is 1. The summed E-state index contributed by atoms with van der Waals surface area (Å²) in [5, 5.41) is 15.2. The predicted octanol–water partition coefficient (Wildman–Crippen LogP) is 4.54. The van der Waals surface area contributed by atoms with Gasteiger partial charge in [-0.05, 0) is 71.4 Å². The lowest BCUT2D eigenvalue weighted by atomic mass is 9.76. The van der Waals surface area contributed by atoms with Crippen LogP contribution in [0, 0.1) is 6.92 Å². The first-order valence-electron chi connectivity index (χ1n) is 12.3. The monoisotopic (exact) mass is 539 g/mol. The molecule has 0 aromatic carbocycles. The number of aryl methyl sites for hydroxylation is 1. The minimum absolute atomic E-state index is 0.00487. The zero-order valence-electron chi connectivity index (χ0n) is 21.3. The molecule has 2 aliphatic rings. The van der Waals surface area contributed by atoms with Gasteiger partial charge in [0.2, 0.25) is 0 Å². The molecule has 1 aliphatic heterocycles. The van der Waals surface area contributed by atoms with E-state index < -0.39 is 23.2 Å². The van der Waals surface area contributed by atoms with Crippen molar-refractivity contribution >= 4 is 29.0 Å². The highest BCUT2D eigenvalue weighted by Gasteiger charge is 2.58. The fraction of sp³-hybridized carbons (Fsp3) is 0.600. The van der Waals surface area contributed by atoms with Crippen molar-refractivity contribution < 1.29 is 27.9 Å². The second-order valence-electron chi connectivity index (χ2n) is 10.6. The Balaban J connectivity index is 1.68. The van der Waals surface area contributed by atoms with E-state index in [9.17, 15) is 27.9 Å². The summed E-state index contributed by atoms with van der Waals surface area (Å²) in [6.45, 7) is 7.37. The number of rotatable bonds is 7. The van der Waals surface area contributed by atoms with Crippen LogP contribution in [-0.4, -0.2) is 68.2 Å². The molecule has 2 amide bonds. The van der Waals surface area contributed by atoms with Crippen molar-refractivity contribution in [3.8, 4) is 10.4 Å². The Labute approximate surface area is 217 Å². The molecule has 3 heterocycles. The van der Waals surface area contributed by atoms with Crippen molar-refractivity contribution in [2.24, 2.45) is 0 Å². The summed E-state index contributed by atoms with van der Waals surface area (Å²) in [6, 6.07) is 1.56. The molecule has 37 heavy (non-hydrogen) atoms. The van der Waals surface area contributed by atoms with Gasteiger partial charge in [0, 0.05) is 30.9 Å². The highest BCUT2D eigenvalue weighted by molar-refractivity contribution is 7.17. The maximum atomic E-state index is 13.6. The molecule has 8 nitrogen and oxygen atoms in total. The highest BCUT2D eigenvalue weighted by atomic mass is 32.1. The lowest BCUT2D eigenvalue weighted by Gasteiger charge is -2.44. The summed E-state index contributed by atoms with van der Waals surface area (Å²) in [4.78, 5) is 37.0. The van der Waals surface area contributed by atoms with Crippen molar-refractivity contribution in [2.75, 3.05) is 18.4 Å². The van der Waals surface area contributed by atoms with Crippen molar-refractivity contribution in [1.82, 2.24) is 20.2 Å². The molecule has 0 unspecified atom stereocenters. The number of thiazole rings is 1. The molecule has 0 spiro atoms. The van der Waals surface area contributed by atoms with Crippen LogP contribution in [-0.2, 0) is 0 Å². The largest absolute Gasteiger partial charge is 0.411 e. The average Bonchev–Trinajstić information content (AvgIpc) is 3.39. The van der Waals surface area contributed by atoms with Crippen LogP contribution in [0.4, 0.5) is 19.0 Å². The number of hydrogen-bond acceptors (Lipinski definition) is 7. The molecule has 3 N–H and O–H groups in total. The van der Waals surface area contributed by atoms with Crippen LogP contribution in [0.25, 0.3) is 10.4 Å². The lowest BCUT2D eigenvalue weighted by molar-refractivity contribution is -0.198. The Morgan fingerprint density at radius 1 is 1.27 bits per heavy atom. The minimum atomic E-state index is -4.39. The normalized spacial score (nSPS) is 19.5. The number of hydrogen-bond donors (Lipinski definition) is 3. The maximum Gasteiger partial charge on any atom is 0.411 e. The standard InChI is InChI=1S/C25H32F3N5O3S/c1-14-11-17(32-24(8-6-9-24)25(26,27)28)29-12-16(14)19-18(22(35)33-10-5-7-15(33)2)31-21(37-19)20(34)30-13-23(3,4)36/h11-12,15,36H,5-10,13H2,1-4H3,(H,29,32)(H,30,34)/t15-/m0/s1. The summed E-state index contributed by atoms with van der Waals surface area (Å²) >= 11 is 1.02. The van der Waals surface area contributed by atoms with Crippen LogP contribution in [0.1, 0.15) is 78.7 Å². The number of likely N-dealkylation sites (tertiary alicyclic amines) is 1. The maximum absolute atomic E-state index is 13.6. The van der Waals surface area contributed by atoms with Gasteiger partial charge < -0.3 is 20.6 Å². The first-order valence-corrected chi connectivity index (χ1v) is 13.2. The van der Waals surface area contributed by atoms with Crippen molar-refractivity contribution in [2.45, 2.75) is 83.2 Å². The van der Waals surface area contributed by atoms with Gasteiger partial charge in [-0.2, -0.15) is 13.2 Å². The summed E-state index contributed by atoms with van der Waals surface area (Å²) in [7, 11) is 0. The zero-order valence-corrected chi connectivity index (χ0v) is 22.1. The first kappa shape index (κ1) is 27.3. The molecule has 0 bridgehead atoms. The van der Waals surface area contributed by atoms with E-state index >= 15 is 0 Å². The molecule has 1 aliphatic carbocycles. The zero-order chi connectivity index (χ0) is 27.2. The molecule has 2 aromatic rings. The van der Waals surface area contributed by atoms with E-state index in [1.165, 1.54) is 12.3 Å². The second kappa shape index (κ2) is 9.86. The molecule has 2 fully saturated rings. The van der Waals surface area contributed by atoms with Crippen LogP contribution < -0.4 is 10.6 Å². The summed E-state index contributed by atoms with van der Waals surface area (Å²) in [5.74, 6) is -0.722. The van der Waals surface area contributed by atoms with Gasteiger partial charge in [-0.15, -0.1) is 11.3 Å². The van der Waals surface area contributed by atoms with Crippen LogP contribution in [0.3, 0.4) is 0 Å². The molecular formula is C25H32F3N5O3S. The summed E-state index contributed by atoms with van der Waals surface area (Å²) < 4.78 is 40.9. The molecule has 202 valence electrons. The fourth-order valence-electron chi connectivity index (χ4n) is 4.60. The minimum Gasteiger partial charge on any atom is -0.389 e. The molecule has 1 atom stereocenters. The van der Waals surface area contributed by atoms with Crippen LogP contribution in [0.15, 0.2) is 12.3 Å². The lowest BCUT2D eigenvalue weighted by Crippen LogP contribution is -2.57. The van der Waals surface area contributed by atoms with Crippen LogP contribution in [0.5, 0.6) is 0 Å². The number of aliphatic hydroxyl groups is 1. The third kappa shape index (κ3) is 5.59. The molecule has 1 saturated carbocycles. The third-order valence-electron chi connectivity index (χ3n) is 6.99. The fourth-order valence-corrected chi connectivity index (χ4v) is 5.65. The van der Waals surface area contributed by atoms with E-state index in [2.05, 4.69) is 20.6 Å². The van der Waals surface area contributed by atoms with E-state index in [-0.39, 0.29) is 47.9 Å². The van der Waals surface area contributed by atoms with Gasteiger partial charge in [0.25, 0.3) is 11.8 Å². The third-order valence-corrected chi connectivity index (χ3v) is 8.08. The number of anilines is 1. The van der Waals surface area contributed by atoms with E-state index in [1.54, 1.807) is 25.7 Å². The number of carbonyl (C=O) groups is 2. The molecular weight excluding hydrogens is 507 g/mol. The number of halogens is 3. The topological polar surface area (TPSA) is 107 Å². The second-order valence-corrected chi connectivity index (χ2v) is 11.6. The molecule has 0 radical (unpaired) electrons. The SMILES string of the molecule is Cc1cc(NC2(C(F)(F)F)CCC2)ncc1-c1sc(C(=O)NCC(C)(C)O)nc1C(=O)N1CCC[C@@H]1C. The van der Waals surface area contributed by atoms with Gasteiger partial charge in [0.1, 0.15) is 17.1 Å². The van der Waals surface area contributed by atoms with E-state index in [4.69, 9.17) is 0 Å². The van der Waals surface area contributed by atoms with Gasteiger partial charge in [0.05, 0.1) is 10.5 Å². The number of nitrogens with zero attached hydrogens (tertiary/aromatic N) is 3. The van der Waals surface area contributed by atoms with Gasteiger partial charge in [-0.3, -0.25) is 9.59 Å². The van der Waals surface area contributed by atoms with Gasteiger partial charge in [0.15, 0.2) is 5.01 Å². The van der Waals surface area contributed by atoms with Gasteiger partial charge >= 0.3 is 6.18 Å². The highest BCUT2D eigenvalue weighted by Crippen LogP contribution is 2.47. The van der Waals surface area contributed by atoms with E-state index in [0.29, 0.717) is 29.0 Å². The Hall–Kier alpha value is -2.73. The first-order chi connectivity index (χ1) is 17.2. The molecule has 12 heteroatoms. The Morgan fingerprint density at radius 3 is 2.49 bits per heavy atom. The smallest absolute Gasteiger partial charge is 0.389 e. The number of amides is 2. The Bertz CT molecular complexity index is 1190. The molecule has 1 saturated heterocycles. The molecule has 2 aromatic heterocycles. The molecule has 4 rings (SSSR count). The number of nitrogens with one attached hydrogen (secondary N) is 2.